The van der Waals surface area contributed by atoms with E-state index in [1.807, 2.05) is 23.1 Å². The Kier molecular flexibility index (Phi) is 8.55. The Bertz CT molecular complexity index is 1920. The van der Waals surface area contributed by atoms with E-state index in [-0.39, 0.29) is 11.7 Å². The molecule has 0 spiro atoms. The Labute approximate surface area is 265 Å². The number of nitrogens with zero attached hydrogens (tertiary/aromatic N) is 8. The van der Waals surface area contributed by atoms with E-state index in [0.29, 0.717) is 6.54 Å². The van der Waals surface area contributed by atoms with E-state index in [9.17, 15) is 9.18 Å². The third-order valence-electron chi connectivity index (χ3n) is 8.55. The second kappa shape index (κ2) is 13.4. The number of carbonyl (C=O) groups is 1. The van der Waals surface area contributed by atoms with E-state index >= 15 is 0 Å². The van der Waals surface area contributed by atoms with Gasteiger partial charge in [0.15, 0.2) is 5.82 Å². The SMILES string of the molecule is Fc1ccc(-c2n[nH]c3cc4cncnc4cc23)cc1.O=C(CN1CCCC1)N1CCN(c2ccc(-c3ncccn3)cc2)CC1. The highest BCUT2D eigenvalue weighted by Gasteiger charge is 2.24. The third kappa shape index (κ3) is 6.54. The first kappa shape index (κ1) is 29.4. The van der Waals surface area contributed by atoms with Gasteiger partial charge >= 0.3 is 0 Å². The van der Waals surface area contributed by atoms with E-state index in [1.54, 1.807) is 30.7 Å². The Morgan fingerprint density at radius 2 is 1.54 bits per heavy atom. The highest BCUT2D eigenvalue weighted by Crippen LogP contribution is 2.29. The standard InChI is InChI=1S/C20H25N5O.C15H9FN4/c26-19(16-23-10-1-2-11-23)25-14-12-24(13-15-25)18-6-4-17(5-7-18)20-21-8-3-9-22-20;16-11-3-1-9(2-4-11)15-12-6-13-10(7-17-8-18-13)5-14(12)19-20-15/h3-9H,1-2,10-16H2;1-8H,(H,19,20). The zero-order valence-corrected chi connectivity index (χ0v) is 25.4. The minimum absolute atomic E-state index is 0.258. The largest absolute Gasteiger partial charge is 0.368 e. The number of halogens is 1. The van der Waals surface area contributed by atoms with Gasteiger partial charge in [-0.2, -0.15) is 5.10 Å². The molecule has 3 aromatic heterocycles. The number of hydrogen-bond donors (Lipinski definition) is 1. The van der Waals surface area contributed by atoms with Crippen LogP contribution in [0.25, 0.3) is 44.5 Å². The van der Waals surface area contributed by atoms with Gasteiger partial charge in [0.05, 0.1) is 23.3 Å². The minimum Gasteiger partial charge on any atom is -0.368 e. The molecule has 0 saturated carbocycles. The van der Waals surface area contributed by atoms with Crippen LogP contribution in [0, 0.1) is 5.82 Å². The Balaban J connectivity index is 0.000000152. The highest BCUT2D eigenvalue weighted by atomic mass is 19.1. The van der Waals surface area contributed by atoms with Crippen molar-refractivity contribution in [1.82, 2.24) is 39.9 Å². The smallest absolute Gasteiger partial charge is 0.236 e. The summed E-state index contributed by atoms with van der Waals surface area (Å²) in [6, 6.07) is 20.4. The number of rotatable bonds is 5. The molecule has 0 bridgehead atoms. The van der Waals surface area contributed by atoms with E-state index in [4.69, 9.17) is 0 Å². The molecule has 5 heterocycles. The first-order chi connectivity index (χ1) is 22.6. The Hall–Kier alpha value is -5.29. The van der Waals surface area contributed by atoms with Crippen LogP contribution in [0.15, 0.2) is 91.6 Å². The predicted octanol–water partition coefficient (Wildman–Crippen LogP) is 5.20. The number of aromatic amines is 1. The fraction of sp³-hybridized carbons (Fsp3) is 0.257. The van der Waals surface area contributed by atoms with Gasteiger partial charge in [-0.3, -0.25) is 14.8 Å². The van der Waals surface area contributed by atoms with Crippen molar-refractivity contribution in [2.24, 2.45) is 0 Å². The van der Waals surface area contributed by atoms with Crippen LogP contribution in [-0.2, 0) is 4.79 Å². The molecular weight excluding hydrogens is 581 g/mol. The van der Waals surface area contributed by atoms with Crippen molar-refractivity contribution in [2.75, 3.05) is 50.7 Å². The Morgan fingerprint density at radius 1 is 0.826 bits per heavy atom. The lowest BCUT2D eigenvalue weighted by atomic mass is 10.1. The van der Waals surface area contributed by atoms with Gasteiger partial charge in [-0.25, -0.2) is 24.3 Å². The normalized spacial score (nSPS) is 15.2. The number of H-pyrrole nitrogens is 1. The van der Waals surface area contributed by atoms with Gasteiger partial charge in [-0.15, -0.1) is 0 Å². The van der Waals surface area contributed by atoms with Crippen LogP contribution in [0.3, 0.4) is 0 Å². The molecule has 0 radical (unpaired) electrons. The summed E-state index contributed by atoms with van der Waals surface area (Å²) in [7, 11) is 0. The van der Waals surface area contributed by atoms with Crippen LogP contribution in [0.4, 0.5) is 10.1 Å². The molecule has 2 aliphatic heterocycles. The van der Waals surface area contributed by atoms with Gasteiger partial charge in [0, 0.05) is 72.4 Å². The summed E-state index contributed by atoms with van der Waals surface area (Å²) in [4.78, 5) is 35.9. The van der Waals surface area contributed by atoms with Gasteiger partial charge in [-0.1, -0.05) is 0 Å². The number of likely N-dealkylation sites (tertiary alicyclic amines) is 1. The maximum absolute atomic E-state index is 13.0. The molecule has 0 atom stereocenters. The third-order valence-corrected chi connectivity index (χ3v) is 8.55. The summed E-state index contributed by atoms with van der Waals surface area (Å²) < 4.78 is 13.0. The van der Waals surface area contributed by atoms with Crippen LogP contribution in [0.5, 0.6) is 0 Å². The number of nitrogens with one attached hydrogen (secondary N) is 1. The number of piperazine rings is 1. The number of anilines is 1. The Morgan fingerprint density at radius 3 is 2.28 bits per heavy atom. The molecule has 8 rings (SSSR count). The summed E-state index contributed by atoms with van der Waals surface area (Å²) in [5, 5.41) is 9.23. The molecule has 1 amide bonds. The molecule has 10 nitrogen and oxygen atoms in total. The molecule has 46 heavy (non-hydrogen) atoms. The molecule has 1 N–H and O–H groups in total. The number of aromatic nitrogens is 6. The summed E-state index contributed by atoms with van der Waals surface area (Å²) in [5.74, 6) is 0.770. The van der Waals surface area contributed by atoms with Crippen molar-refractivity contribution in [3.05, 3.63) is 97.5 Å². The number of benzene rings is 3. The predicted molar refractivity (Wildman–Crippen MR) is 177 cm³/mol. The summed E-state index contributed by atoms with van der Waals surface area (Å²) in [6.07, 6.45) is 9.26. The van der Waals surface area contributed by atoms with Crippen molar-refractivity contribution in [3.63, 3.8) is 0 Å². The number of amides is 1. The molecule has 6 aromatic rings. The first-order valence-electron chi connectivity index (χ1n) is 15.6. The second-order valence-corrected chi connectivity index (χ2v) is 11.5. The van der Waals surface area contributed by atoms with Crippen molar-refractivity contribution in [2.45, 2.75) is 12.8 Å². The fourth-order valence-corrected chi connectivity index (χ4v) is 6.04. The van der Waals surface area contributed by atoms with Gasteiger partial charge < -0.3 is 9.80 Å². The zero-order chi connectivity index (χ0) is 31.3. The quantitative estimate of drug-likeness (QED) is 0.282. The number of fused-ring (bicyclic) bond motifs is 2. The number of carbonyl (C=O) groups excluding carboxylic acids is 1. The van der Waals surface area contributed by atoms with Crippen LogP contribution >= 0.6 is 0 Å². The molecule has 2 fully saturated rings. The maximum atomic E-state index is 13.0. The minimum atomic E-state index is -0.258. The first-order valence-corrected chi connectivity index (χ1v) is 15.6. The molecule has 0 aliphatic carbocycles. The van der Waals surface area contributed by atoms with E-state index < -0.39 is 0 Å². The van der Waals surface area contributed by atoms with Gasteiger partial charge in [-0.05, 0) is 92.7 Å². The summed E-state index contributed by atoms with van der Waals surface area (Å²) in [6.45, 7) is 6.10. The van der Waals surface area contributed by atoms with E-state index in [2.05, 4.69) is 64.2 Å². The van der Waals surface area contributed by atoms with Gasteiger partial charge in [0.2, 0.25) is 5.91 Å². The molecule has 11 heteroatoms. The van der Waals surface area contributed by atoms with Crippen LogP contribution in [-0.4, -0.2) is 91.7 Å². The van der Waals surface area contributed by atoms with Crippen LogP contribution in [0.1, 0.15) is 12.8 Å². The molecule has 3 aromatic carbocycles. The number of hydrogen-bond acceptors (Lipinski definition) is 8. The molecule has 2 saturated heterocycles. The van der Waals surface area contributed by atoms with Crippen molar-refractivity contribution >= 4 is 33.4 Å². The van der Waals surface area contributed by atoms with Crippen molar-refractivity contribution in [1.29, 1.82) is 0 Å². The van der Waals surface area contributed by atoms with Crippen molar-refractivity contribution in [3.8, 4) is 22.6 Å². The average Bonchev–Trinajstić information content (AvgIpc) is 3.78. The maximum Gasteiger partial charge on any atom is 0.236 e. The highest BCUT2D eigenvalue weighted by molar-refractivity contribution is 6.01. The monoisotopic (exact) mass is 615 g/mol. The molecule has 0 unspecified atom stereocenters. The lowest BCUT2D eigenvalue weighted by molar-refractivity contribution is -0.132. The molecular formula is C35H34FN9O. The van der Waals surface area contributed by atoms with E-state index in [0.717, 1.165) is 83.7 Å². The van der Waals surface area contributed by atoms with E-state index in [1.165, 1.54) is 37.0 Å². The summed E-state index contributed by atoms with van der Waals surface area (Å²) in [5.41, 5.74) is 5.64. The topological polar surface area (TPSA) is 107 Å². The lowest BCUT2D eigenvalue weighted by Gasteiger charge is -2.36. The lowest BCUT2D eigenvalue weighted by Crippen LogP contribution is -2.51. The van der Waals surface area contributed by atoms with Gasteiger partial charge in [0.1, 0.15) is 12.1 Å². The summed E-state index contributed by atoms with van der Waals surface area (Å²) >= 11 is 0. The molecule has 2 aliphatic rings. The second-order valence-electron chi connectivity index (χ2n) is 11.5. The van der Waals surface area contributed by atoms with Crippen LogP contribution in [0.2, 0.25) is 0 Å². The van der Waals surface area contributed by atoms with Gasteiger partial charge in [0.25, 0.3) is 0 Å². The molecule has 232 valence electrons. The zero-order valence-electron chi connectivity index (χ0n) is 25.4. The average molecular weight is 616 g/mol. The van der Waals surface area contributed by atoms with Crippen LogP contribution < -0.4 is 4.90 Å². The fourth-order valence-electron chi connectivity index (χ4n) is 6.04. The van der Waals surface area contributed by atoms with Crippen molar-refractivity contribution < 1.29 is 9.18 Å².